The maximum Gasteiger partial charge on any atom is 0.269 e. The summed E-state index contributed by atoms with van der Waals surface area (Å²) in [6.07, 6.45) is 3.34. The smallest absolute Gasteiger partial charge is 0.258 e. The largest absolute Gasteiger partial charge is 0.269 e. The van der Waals surface area contributed by atoms with Gasteiger partial charge in [-0.1, -0.05) is 32.4 Å². The summed E-state index contributed by atoms with van der Waals surface area (Å²) in [5.41, 5.74) is 1.35. The van der Waals surface area contributed by atoms with Crippen molar-refractivity contribution in [2.24, 2.45) is 5.92 Å². The molecule has 0 amide bonds. The number of aryl methyl sites for hydroxylation is 1. The number of nitro benzene ring substituents is 1. The Labute approximate surface area is 90.3 Å². The van der Waals surface area contributed by atoms with Gasteiger partial charge >= 0.3 is 0 Å². The molecule has 0 aliphatic heterocycles. The summed E-state index contributed by atoms with van der Waals surface area (Å²) in [6.45, 7) is 4.41. The van der Waals surface area contributed by atoms with Crippen LogP contribution < -0.4 is 0 Å². The zero-order valence-corrected chi connectivity index (χ0v) is 9.27. The maximum atomic E-state index is 10.4. The van der Waals surface area contributed by atoms with Gasteiger partial charge in [-0.2, -0.15) is 0 Å². The lowest BCUT2D eigenvalue weighted by Crippen LogP contribution is -1.95. The SMILES string of the molecule is CCC(C)CCc1ccc([N+](=O)[O-])cc1. The Balaban J connectivity index is 2.53. The summed E-state index contributed by atoms with van der Waals surface area (Å²) in [7, 11) is 0. The van der Waals surface area contributed by atoms with Crippen molar-refractivity contribution in [3.63, 3.8) is 0 Å². The fraction of sp³-hybridized carbons (Fsp3) is 0.500. The summed E-state index contributed by atoms with van der Waals surface area (Å²) in [6, 6.07) is 6.85. The molecule has 1 aromatic carbocycles. The highest BCUT2D eigenvalue weighted by Crippen LogP contribution is 2.16. The number of benzene rings is 1. The van der Waals surface area contributed by atoms with Crippen LogP contribution in [0.25, 0.3) is 0 Å². The van der Waals surface area contributed by atoms with E-state index in [0.29, 0.717) is 0 Å². The zero-order valence-electron chi connectivity index (χ0n) is 9.27. The highest BCUT2D eigenvalue weighted by molar-refractivity contribution is 5.32. The van der Waals surface area contributed by atoms with Gasteiger partial charge in [-0.05, 0) is 24.3 Å². The third kappa shape index (κ3) is 3.70. The van der Waals surface area contributed by atoms with Gasteiger partial charge in [-0.25, -0.2) is 0 Å². The van der Waals surface area contributed by atoms with E-state index in [1.807, 2.05) is 12.1 Å². The summed E-state index contributed by atoms with van der Waals surface area (Å²) in [4.78, 5) is 10.1. The van der Waals surface area contributed by atoms with Crippen molar-refractivity contribution in [2.45, 2.75) is 33.1 Å². The number of non-ortho nitro benzene ring substituents is 1. The minimum absolute atomic E-state index is 0.169. The molecule has 1 atom stereocenters. The molecule has 0 saturated carbocycles. The predicted molar refractivity (Wildman–Crippen MR) is 60.9 cm³/mol. The van der Waals surface area contributed by atoms with Gasteiger partial charge in [0.05, 0.1) is 4.92 Å². The van der Waals surface area contributed by atoms with Gasteiger partial charge in [-0.3, -0.25) is 10.1 Å². The average molecular weight is 207 g/mol. The Kier molecular flexibility index (Phi) is 4.28. The molecule has 0 aliphatic carbocycles. The summed E-state index contributed by atoms with van der Waals surface area (Å²) in [5.74, 6) is 0.722. The van der Waals surface area contributed by atoms with E-state index in [-0.39, 0.29) is 10.6 Å². The van der Waals surface area contributed by atoms with Gasteiger partial charge in [0.1, 0.15) is 0 Å². The molecule has 3 heteroatoms. The molecule has 1 rings (SSSR count). The number of hydrogen-bond donors (Lipinski definition) is 0. The van der Waals surface area contributed by atoms with Gasteiger partial charge in [0, 0.05) is 12.1 Å². The Bertz CT molecular complexity index is 319. The van der Waals surface area contributed by atoms with Gasteiger partial charge in [0.15, 0.2) is 0 Å². The van der Waals surface area contributed by atoms with Crippen LogP contribution in [0.3, 0.4) is 0 Å². The molecular formula is C12H17NO2. The second-order valence-electron chi connectivity index (χ2n) is 3.98. The molecule has 0 spiro atoms. The van der Waals surface area contributed by atoms with E-state index in [1.165, 1.54) is 12.0 Å². The highest BCUT2D eigenvalue weighted by Gasteiger charge is 2.04. The maximum absolute atomic E-state index is 10.4. The van der Waals surface area contributed by atoms with Crippen LogP contribution >= 0.6 is 0 Å². The molecule has 0 saturated heterocycles. The molecule has 82 valence electrons. The predicted octanol–water partition coefficient (Wildman–Crippen LogP) is 3.57. The quantitative estimate of drug-likeness (QED) is 0.547. The topological polar surface area (TPSA) is 43.1 Å². The van der Waals surface area contributed by atoms with E-state index in [9.17, 15) is 10.1 Å². The average Bonchev–Trinajstić information content (AvgIpc) is 2.26. The molecule has 15 heavy (non-hydrogen) atoms. The molecule has 0 fully saturated rings. The Morgan fingerprint density at radius 3 is 2.40 bits per heavy atom. The van der Waals surface area contributed by atoms with Crippen LogP contribution in [-0.2, 0) is 6.42 Å². The van der Waals surface area contributed by atoms with Crippen LogP contribution in [0.15, 0.2) is 24.3 Å². The first-order chi connectivity index (χ1) is 7.13. The second kappa shape index (κ2) is 5.49. The first-order valence-electron chi connectivity index (χ1n) is 5.36. The lowest BCUT2D eigenvalue weighted by atomic mass is 9.99. The Morgan fingerprint density at radius 2 is 1.93 bits per heavy atom. The van der Waals surface area contributed by atoms with Crippen molar-refractivity contribution >= 4 is 5.69 Å². The van der Waals surface area contributed by atoms with Crippen molar-refractivity contribution in [1.29, 1.82) is 0 Å². The van der Waals surface area contributed by atoms with Crippen LogP contribution in [0.2, 0.25) is 0 Å². The summed E-state index contributed by atoms with van der Waals surface area (Å²) >= 11 is 0. The summed E-state index contributed by atoms with van der Waals surface area (Å²) < 4.78 is 0. The molecule has 1 aromatic rings. The molecule has 0 aromatic heterocycles. The third-order valence-electron chi connectivity index (χ3n) is 2.77. The molecule has 0 heterocycles. The van der Waals surface area contributed by atoms with Crippen LogP contribution in [0.1, 0.15) is 32.3 Å². The molecule has 0 N–H and O–H groups in total. The summed E-state index contributed by atoms with van der Waals surface area (Å²) in [5, 5.41) is 10.4. The molecule has 3 nitrogen and oxygen atoms in total. The number of nitro groups is 1. The van der Waals surface area contributed by atoms with Gasteiger partial charge < -0.3 is 0 Å². The zero-order chi connectivity index (χ0) is 11.3. The minimum Gasteiger partial charge on any atom is -0.258 e. The van der Waals surface area contributed by atoms with Crippen LogP contribution in [0, 0.1) is 16.0 Å². The van der Waals surface area contributed by atoms with Gasteiger partial charge in [-0.15, -0.1) is 0 Å². The van der Waals surface area contributed by atoms with E-state index in [0.717, 1.165) is 18.8 Å². The number of rotatable bonds is 5. The Morgan fingerprint density at radius 1 is 1.33 bits per heavy atom. The fourth-order valence-corrected chi connectivity index (χ4v) is 1.40. The minimum atomic E-state index is -0.363. The van der Waals surface area contributed by atoms with Gasteiger partial charge in [0.25, 0.3) is 5.69 Å². The first-order valence-corrected chi connectivity index (χ1v) is 5.36. The van der Waals surface area contributed by atoms with Crippen LogP contribution in [0.5, 0.6) is 0 Å². The van der Waals surface area contributed by atoms with Crippen molar-refractivity contribution < 1.29 is 4.92 Å². The molecular weight excluding hydrogens is 190 g/mol. The Hall–Kier alpha value is -1.38. The standard InChI is InChI=1S/C12H17NO2/c1-3-10(2)4-5-11-6-8-12(9-7-11)13(14)15/h6-10H,3-5H2,1-2H3. The molecule has 1 unspecified atom stereocenters. The van der Waals surface area contributed by atoms with E-state index in [2.05, 4.69) is 13.8 Å². The lowest BCUT2D eigenvalue weighted by molar-refractivity contribution is -0.384. The monoisotopic (exact) mass is 207 g/mol. The van der Waals surface area contributed by atoms with E-state index in [4.69, 9.17) is 0 Å². The van der Waals surface area contributed by atoms with E-state index >= 15 is 0 Å². The third-order valence-corrected chi connectivity index (χ3v) is 2.77. The normalized spacial score (nSPS) is 12.4. The first kappa shape index (κ1) is 11.7. The fourth-order valence-electron chi connectivity index (χ4n) is 1.40. The highest BCUT2D eigenvalue weighted by atomic mass is 16.6. The van der Waals surface area contributed by atoms with Crippen molar-refractivity contribution in [3.8, 4) is 0 Å². The van der Waals surface area contributed by atoms with Crippen molar-refractivity contribution in [3.05, 3.63) is 39.9 Å². The molecule has 0 radical (unpaired) electrons. The van der Waals surface area contributed by atoms with E-state index in [1.54, 1.807) is 12.1 Å². The van der Waals surface area contributed by atoms with Gasteiger partial charge in [0.2, 0.25) is 0 Å². The van der Waals surface area contributed by atoms with E-state index < -0.39 is 0 Å². The van der Waals surface area contributed by atoms with Crippen LogP contribution in [0.4, 0.5) is 5.69 Å². The number of hydrogen-bond acceptors (Lipinski definition) is 2. The van der Waals surface area contributed by atoms with Crippen molar-refractivity contribution in [2.75, 3.05) is 0 Å². The molecule has 0 aliphatic rings. The number of nitrogens with zero attached hydrogens (tertiary/aromatic N) is 1. The second-order valence-corrected chi connectivity index (χ2v) is 3.98. The van der Waals surface area contributed by atoms with Crippen molar-refractivity contribution in [1.82, 2.24) is 0 Å². The lowest BCUT2D eigenvalue weighted by Gasteiger charge is -2.07. The van der Waals surface area contributed by atoms with Crippen LogP contribution in [-0.4, -0.2) is 4.92 Å². The molecule has 0 bridgehead atoms.